The molecule has 25 heavy (non-hydrogen) atoms. The van der Waals surface area contributed by atoms with E-state index in [1.807, 2.05) is 53.1 Å². The summed E-state index contributed by atoms with van der Waals surface area (Å²) in [6, 6.07) is 15.8. The van der Waals surface area contributed by atoms with Gasteiger partial charge in [0.15, 0.2) is 5.65 Å². The van der Waals surface area contributed by atoms with Gasteiger partial charge in [-0.25, -0.2) is 9.97 Å². The fourth-order valence-corrected chi connectivity index (χ4v) is 3.11. The van der Waals surface area contributed by atoms with Gasteiger partial charge in [0.05, 0.1) is 23.2 Å². The van der Waals surface area contributed by atoms with Crippen LogP contribution in [-0.4, -0.2) is 38.7 Å². The van der Waals surface area contributed by atoms with Gasteiger partial charge >= 0.3 is 0 Å². The van der Waals surface area contributed by atoms with Crippen LogP contribution in [0.3, 0.4) is 0 Å². The van der Waals surface area contributed by atoms with Gasteiger partial charge in [0.25, 0.3) is 0 Å². The molecule has 2 heterocycles. The van der Waals surface area contributed by atoms with Crippen molar-refractivity contribution in [2.24, 2.45) is 0 Å². The summed E-state index contributed by atoms with van der Waals surface area (Å²) < 4.78 is 2.04. The van der Waals surface area contributed by atoms with Crippen molar-refractivity contribution in [3.8, 4) is 0 Å². The van der Waals surface area contributed by atoms with Crippen molar-refractivity contribution in [2.75, 3.05) is 13.2 Å². The van der Waals surface area contributed by atoms with Gasteiger partial charge in [-0.05, 0) is 18.2 Å². The zero-order valence-electron chi connectivity index (χ0n) is 13.6. The summed E-state index contributed by atoms with van der Waals surface area (Å²) in [5.74, 6) is -0.0891. The van der Waals surface area contributed by atoms with Gasteiger partial charge in [-0.1, -0.05) is 30.3 Å². The number of fused-ring (bicyclic) bond motifs is 4. The Balaban J connectivity index is 1.83. The lowest BCUT2D eigenvalue weighted by atomic mass is 10.2. The molecule has 6 heteroatoms. The van der Waals surface area contributed by atoms with E-state index >= 15 is 0 Å². The summed E-state index contributed by atoms with van der Waals surface area (Å²) in [5, 5.41) is 12.5. The Morgan fingerprint density at radius 1 is 1.04 bits per heavy atom. The van der Waals surface area contributed by atoms with Gasteiger partial charge in [0.1, 0.15) is 5.52 Å². The Morgan fingerprint density at radius 3 is 2.56 bits per heavy atom. The third-order valence-electron chi connectivity index (χ3n) is 4.25. The lowest BCUT2D eigenvalue weighted by molar-refractivity contribution is -0.121. The minimum atomic E-state index is -0.0891. The van der Waals surface area contributed by atoms with Crippen LogP contribution in [0.15, 0.2) is 48.5 Å². The van der Waals surface area contributed by atoms with Crippen LogP contribution < -0.4 is 5.32 Å². The highest BCUT2D eigenvalue weighted by atomic mass is 16.3. The van der Waals surface area contributed by atoms with Crippen molar-refractivity contribution >= 4 is 39.0 Å². The second kappa shape index (κ2) is 6.49. The Hall–Kier alpha value is -2.99. The minimum absolute atomic E-state index is 0.0570. The van der Waals surface area contributed by atoms with Crippen molar-refractivity contribution in [1.82, 2.24) is 19.9 Å². The van der Waals surface area contributed by atoms with E-state index in [0.717, 1.165) is 33.1 Å². The number of hydrogen-bond acceptors (Lipinski definition) is 4. The lowest BCUT2D eigenvalue weighted by Crippen LogP contribution is -2.27. The largest absolute Gasteiger partial charge is 0.395 e. The van der Waals surface area contributed by atoms with Crippen LogP contribution in [0.1, 0.15) is 6.42 Å². The third kappa shape index (κ3) is 2.81. The summed E-state index contributed by atoms with van der Waals surface area (Å²) in [6.07, 6.45) is 0.322. The van der Waals surface area contributed by atoms with Crippen LogP contribution in [0.2, 0.25) is 0 Å². The molecule has 0 atom stereocenters. The highest BCUT2D eigenvalue weighted by Gasteiger charge is 2.14. The van der Waals surface area contributed by atoms with E-state index in [0.29, 0.717) is 13.0 Å². The molecule has 126 valence electrons. The number of nitrogens with zero attached hydrogens (tertiary/aromatic N) is 3. The van der Waals surface area contributed by atoms with Crippen molar-refractivity contribution in [3.63, 3.8) is 0 Å². The molecule has 2 N–H and O–H groups in total. The predicted molar refractivity (Wildman–Crippen MR) is 97.3 cm³/mol. The highest BCUT2D eigenvalue weighted by Crippen LogP contribution is 2.28. The molecule has 1 amide bonds. The van der Waals surface area contributed by atoms with Gasteiger partial charge < -0.3 is 15.0 Å². The summed E-state index contributed by atoms with van der Waals surface area (Å²) in [4.78, 5) is 21.5. The van der Waals surface area contributed by atoms with Crippen molar-refractivity contribution < 1.29 is 9.90 Å². The van der Waals surface area contributed by atoms with Crippen LogP contribution in [0.5, 0.6) is 0 Å². The molecule has 6 nitrogen and oxygen atoms in total. The van der Waals surface area contributed by atoms with Gasteiger partial charge in [0, 0.05) is 24.9 Å². The molecule has 4 rings (SSSR count). The summed E-state index contributed by atoms with van der Waals surface area (Å²) >= 11 is 0. The summed E-state index contributed by atoms with van der Waals surface area (Å²) in [5.41, 5.74) is 4.35. The molecule has 0 spiro atoms. The number of rotatable bonds is 5. The fraction of sp³-hybridized carbons (Fsp3) is 0.211. The first kappa shape index (κ1) is 15.5. The van der Waals surface area contributed by atoms with Crippen LogP contribution in [0.4, 0.5) is 0 Å². The van der Waals surface area contributed by atoms with Crippen LogP contribution in [0, 0.1) is 0 Å². The molecule has 0 fully saturated rings. The van der Waals surface area contributed by atoms with E-state index in [9.17, 15) is 4.79 Å². The standard InChI is InChI=1S/C19H18N4O2/c24-12-10-20-17(25)9-11-23-16-8-4-1-5-13(16)18-19(23)22-15-7-3-2-6-14(15)21-18/h1-8,24H,9-12H2,(H,20,25). The molecular weight excluding hydrogens is 316 g/mol. The smallest absolute Gasteiger partial charge is 0.221 e. The van der Waals surface area contributed by atoms with Crippen LogP contribution in [0.25, 0.3) is 33.1 Å². The first-order valence-corrected chi connectivity index (χ1v) is 8.29. The number of nitrogens with one attached hydrogen (secondary N) is 1. The molecule has 0 aliphatic rings. The van der Waals surface area contributed by atoms with Crippen molar-refractivity contribution in [1.29, 1.82) is 0 Å². The quantitative estimate of drug-likeness (QED) is 0.586. The van der Waals surface area contributed by atoms with E-state index in [-0.39, 0.29) is 19.1 Å². The SMILES string of the molecule is O=C(CCn1c2ccccc2c2nc3ccccc3nc21)NCCO. The van der Waals surface area contributed by atoms with Crippen LogP contribution >= 0.6 is 0 Å². The van der Waals surface area contributed by atoms with Crippen molar-refractivity contribution in [3.05, 3.63) is 48.5 Å². The Labute approximate surface area is 144 Å². The molecule has 2 aromatic heterocycles. The first-order chi connectivity index (χ1) is 12.3. The Kier molecular flexibility index (Phi) is 4.03. The van der Waals surface area contributed by atoms with E-state index in [2.05, 4.69) is 5.32 Å². The van der Waals surface area contributed by atoms with Crippen molar-refractivity contribution in [2.45, 2.75) is 13.0 Å². The number of para-hydroxylation sites is 3. The average Bonchev–Trinajstić information content (AvgIpc) is 2.96. The Morgan fingerprint density at radius 2 is 1.76 bits per heavy atom. The zero-order chi connectivity index (χ0) is 17.2. The number of carbonyl (C=O) groups is 1. The minimum Gasteiger partial charge on any atom is -0.395 e. The third-order valence-corrected chi connectivity index (χ3v) is 4.25. The maximum absolute atomic E-state index is 11.9. The molecule has 0 aliphatic carbocycles. The van der Waals surface area contributed by atoms with Gasteiger partial charge in [-0.3, -0.25) is 4.79 Å². The second-order valence-electron chi connectivity index (χ2n) is 5.88. The van der Waals surface area contributed by atoms with Crippen LogP contribution in [-0.2, 0) is 11.3 Å². The molecule has 0 saturated heterocycles. The zero-order valence-corrected chi connectivity index (χ0v) is 13.6. The highest BCUT2D eigenvalue weighted by molar-refractivity contribution is 6.06. The molecule has 2 aromatic carbocycles. The maximum Gasteiger partial charge on any atom is 0.221 e. The molecule has 0 aliphatic heterocycles. The molecule has 0 saturated carbocycles. The van der Waals surface area contributed by atoms with E-state index < -0.39 is 0 Å². The first-order valence-electron chi connectivity index (χ1n) is 8.29. The maximum atomic E-state index is 11.9. The number of carbonyl (C=O) groups excluding carboxylic acids is 1. The predicted octanol–water partition coefficient (Wildman–Crippen LogP) is 2.24. The lowest BCUT2D eigenvalue weighted by Gasteiger charge is -2.07. The molecular formula is C19H18N4O2. The number of benzene rings is 2. The van der Waals surface area contributed by atoms with E-state index in [1.54, 1.807) is 0 Å². The molecule has 4 aromatic rings. The number of hydrogen-bond donors (Lipinski definition) is 2. The van der Waals surface area contributed by atoms with E-state index in [4.69, 9.17) is 15.1 Å². The summed E-state index contributed by atoms with van der Waals surface area (Å²) in [6.45, 7) is 0.726. The number of amides is 1. The number of aliphatic hydroxyl groups is 1. The van der Waals surface area contributed by atoms with Gasteiger partial charge in [-0.2, -0.15) is 0 Å². The fourth-order valence-electron chi connectivity index (χ4n) is 3.11. The monoisotopic (exact) mass is 334 g/mol. The number of aliphatic hydroxyl groups excluding tert-OH is 1. The Bertz CT molecular complexity index is 1070. The topological polar surface area (TPSA) is 80.0 Å². The second-order valence-corrected chi connectivity index (χ2v) is 5.88. The molecule has 0 unspecified atom stereocenters. The normalized spacial score (nSPS) is 11.4. The molecule has 0 radical (unpaired) electrons. The average molecular weight is 334 g/mol. The van der Waals surface area contributed by atoms with E-state index in [1.165, 1.54) is 0 Å². The number of aryl methyl sites for hydroxylation is 1. The summed E-state index contributed by atoms with van der Waals surface area (Å²) in [7, 11) is 0. The molecule has 0 bridgehead atoms. The van der Waals surface area contributed by atoms with Gasteiger partial charge in [0.2, 0.25) is 5.91 Å². The number of aromatic nitrogens is 3. The van der Waals surface area contributed by atoms with Gasteiger partial charge in [-0.15, -0.1) is 0 Å².